The van der Waals surface area contributed by atoms with E-state index in [-0.39, 0.29) is 11.8 Å². The minimum atomic E-state index is 0.0126. The molecule has 25 heavy (non-hydrogen) atoms. The maximum atomic E-state index is 12.6. The summed E-state index contributed by atoms with van der Waals surface area (Å²) in [6, 6.07) is 10.2. The van der Waals surface area contributed by atoms with Crippen molar-refractivity contribution in [2.24, 2.45) is 0 Å². The summed E-state index contributed by atoms with van der Waals surface area (Å²) in [4.78, 5) is 14.5. The molecule has 6 heteroatoms. The topological polar surface area (TPSA) is 77.7 Å². The number of aryl methyl sites for hydroxylation is 1. The SMILES string of the molecule is Cc1ccc(-c2cn[nH]c2C2CCCN(C(=O)c3ccn[nH]3)C2)cc1. The molecule has 1 saturated heterocycles. The van der Waals surface area contributed by atoms with Gasteiger partial charge < -0.3 is 4.90 Å². The fourth-order valence-electron chi connectivity index (χ4n) is 3.51. The van der Waals surface area contributed by atoms with Gasteiger partial charge in [0.1, 0.15) is 5.69 Å². The van der Waals surface area contributed by atoms with Crippen molar-refractivity contribution in [1.82, 2.24) is 25.3 Å². The Labute approximate surface area is 146 Å². The van der Waals surface area contributed by atoms with E-state index in [1.54, 1.807) is 12.3 Å². The van der Waals surface area contributed by atoms with Crippen LogP contribution in [-0.2, 0) is 0 Å². The van der Waals surface area contributed by atoms with Crippen LogP contribution in [-0.4, -0.2) is 44.3 Å². The first-order chi connectivity index (χ1) is 12.2. The van der Waals surface area contributed by atoms with Crippen molar-refractivity contribution in [1.29, 1.82) is 0 Å². The zero-order valence-corrected chi connectivity index (χ0v) is 14.2. The van der Waals surface area contributed by atoms with Crippen molar-refractivity contribution in [3.05, 3.63) is 59.7 Å². The highest BCUT2D eigenvalue weighted by Crippen LogP contribution is 2.33. The number of likely N-dealkylation sites (tertiary alicyclic amines) is 1. The number of H-pyrrole nitrogens is 2. The maximum Gasteiger partial charge on any atom is 0.271 e. The van der Waals surface area contributed by atoms with E-state index in [4.69, 9.17) is 0 Å². The Kier molecular flexibility index (Phi) is 4.09. The molecule has 1 amide bonds. The molecule has 0 bridgehead atoms. The predicted octanol–water partition coefficient (Wildman–Crippen LogP) is 3.13. The van der Waals surface area contributed by atoms with Gasteiger partial charge in [-0.3, -0.25) is 15.0 Å². The third-order valence-corrected chi connectivity index (χ3v) is 4.88. The Morgan fingerprint density at radius 2 is 2.00 bits per heavy atom. The first-order valence-electron chi connectivity index (χ1n) is 8.61. The van der Waals surface area contributed by atoms with Crippen LogP contribution in [0.25, 0.3) is 11.1 Å². The van der Waals surface area contributed by atoms with Crippen LogP contribution in [0.15, 0.2) is 42.7 Å². The zero-order valence-electron chi connectivity index (χ0n) is 14.2. The van der Waals surface area contributed by atoms with Gasteiger partial charge >= 0.3 is 0 Å². The van der Waals surface area contributed by atoms with Gasteiger partial charge in [0.25, 0.3) is 5.91 Å². The Morgan fingerprint density at radius 3 is 2.76 bits per heavy atom. The van der Waals surface area contributed by atoms with Gasteiger partial charge in [-0.1, -0.05) is 29.8 Å². The van der Waals surface area contributed by atoms with E-state index in [2.05, 4.69) is 51.6 Å². The number of aromatic amines is 2. The number of hydrogen-bond acceptors (Lipinski definition) is 3. The van der Waals surface area contributed by atoms with Crippen molar-refractivity contribution < 1.29 is 4.79 Å². The smallest absolute Gasteiger partial charge is 0.271 e. The van der Waals surface area contributed by atoms with Gasteiger partial charge in [-0.25, -0.2) is 0 Å². The number of piperidine rings is 1. The molecule has 3 aromatic rings. The summed E-state index contributed by atoms with van der Waals surface area (Å²) in [5.74, 6) is 0.276. The third-order valence-electron chi connectivity index (χ3n) is 4.88. The molecular formula is C19H21N5O. The molecule has 1 aliphatic heterocycles. The summed E-state index contributed by atoms with van der Waals surface area (Å²) in [6.07, 6.45) is 5.53. The van der Waals surface area contributed by atoms with Crippen LogP contribution in [0.2, 0.25) is 0 Å². The second kappa shape index (κ2) is 6.55. The molecule has 2 aromatic heterocycles. The quantitative estimate of drug-likeness (QED) is 0.772. The van der Waals surface area contributed by atoms with E-state index in [9.17, 15) is 4.79 Å². The molecule has 0 saturated carbocycles. The van der Waals surface area contributed by atoms with Gasteiger partial charge in [-0.05, 0) is 31.4 Å². The summed E-state index contributed by atoms with van der Waals surface area (Å²) in [6.45, 7) is 3.56. The van der Waals surface area contributed by atoms with Gasteiger partial charge in [0.2, 0.25) is 0 Å². The first-order valence-corrected chi connectivity index (χ1v) is 8.61. The molecule has 6 nitrogen and oxygen atoms in total. The third kappa shape index (κ3) is 3.07. The molecule has 1 aromatic carbocycles. The zero-order chi connectivity index (χ0) is 17.2. The number of carbonyl (C=O) groups is 1. The van der Waals surface area contributed by atoms with E-state index in [1.807, 2.05) is 11.1 Å². The van der Waals surface area contributed by atoms with E-state index < -0.39 is 0 Å². The number of rotatable bonds is 3. The minimum absolute atomic E-state index is 0.0126. The second-order valence-electron chi connectivity index (χ2n) is 6.62. The fraction of sp³-hybridized carbons (Fsp3) is 0.316. The lowest BCUT2D eigenvalue weighted by Crippen LogP contribution is -2.39. The highest BCUT2D eigenvalue weighted by Gasteiger charge is 2.28. The second-order valence-corrected chi connectivity index (χ2v) is 6.62. The normalized spacial score (nSPS) is 17.6. The number of nitrogens with one attached hydrogen (secondary N) is 2. The van der Waals surface area contributed by atoms with Gasteiger partial charge in [-0.2, -0.15) is 10.2 Å². The maximum absolute atomic E-state index is 12.6. The van der Waals surface area contributed by atoms with Crippen LogP contribution in [0.4, 0.5) is 0 Å². The molecule has 3 heterocycles. The van der Waals surface area contributed by atoms with Crippen LogP contribution in [0.3, 0.4) is 0 Å². The molecule has 0 aliphatic carbocycles. The number of aromatic nitrogens is 4. The monoisotopic (exact) mass is 335 g/mol. The average Bonchev–Trinajstić information content (AvgIpc) is 3.34. The fourth-order valence-corrected chi connectivity index (χ4v) is 3.51. The van der Waals surface area contributed by atoms with E-state index in [0.717, 1.165) is 36.2 Å². The van der Waals surface area contributed by atoms with Crippen molar-refractivity contribution >= 4 is 5.91 Å². The van der Waals surface area contributed by atoms with Crippen molar-refractivity contribution in [3.8, 4) is 11.1 Å². The molecule has 128 valence electrons. The molecule has 1 unspecified atom stereocenters. The molecule has 1 atom stereocenters. The largest absolute Gasteiger partial charge is 0.337 e. The Balaban J connectivity index is 1.57. The molecule has 0 radical (unpaired) electrons. The Bertz CT molecular complexity index is 850. The van der Waals surface area contributed by atoms with Crippen LogP contribution in [0, 0.1) is 6.92 Å². The number of hydrogen-bond donors (Lipinski definition) is 2. The first kappa shape index (κ1) is 15.6. The molecule has 1 fully saturated rings. The summed E-state index contributed by atoms with van der Waals surface area (Å²) >= 11 is 0. The summed E-state index contributed by atoms with van der Waals surface area (Å²) in [5.41, 5.74) is 5.19. The minimum Gasteiger partial charge on any atom is -0.337 e. The van der Waals surface area contributed by atoms with Crippen molar-refractivity contribution in [2.75, 3.05) is 13.1 Å². The highest BCUT2D eigenvalue weighted by atomic mass is 16.2. The van der Waals surface area contributed by atoms with E-state index in [1.165, 1.54) is 5.56 Å². The number of benzene rings is 1. The highest BCUT2D eigenvalue weighted by molar-refractivity contribution is 5.92. The van der Waals surface area contributed by atoms with Crippen LogP contribution >= 0.6 is 0 Å². The molecule has 2 N–H and O–H groups in total. The predicted molar refractivity (Wildman–Crippen MR) is 95.2 cm³/mol. The van der Waals surface area contributed by atoms with Crippen LogP contribution in [0.5, 0.6) is 0 Å². The average molecular weight is 335 g/mol. The number of nitrogens with zero attached hydrogens (tertiary/aromatic N) is 3. The van der Waals surface area contributed by atoms with E-state index >= 15 is 0 Å². The van der Waals surface area contributed by atoms with Crippen LogP contribution < -0.4 is 0 Å². The number of carbonyl (C=O) groups excluding carboxylic acids is 1. The van der Waals surface area contributed by atoms with Gasteiger partial charge in [0.05, 0.1) is 6.20 Å². The van der Waals surface area contributed by atoms with Crippen LogP contribution in [0.1, 0.15) is 40.5 Å². The van der Waals surface area contributed by atoms with Gasteiger partial charge in [0.15, 0.2) is 0 Å². The lowest BCUT2D eigenvalue weighted by molar-refractivity contribution is 0.0700. The van der Waals surface area contributed by atoms with E-state index in [0.29, 0.717) is 12.2 Å². The Hall–Kier alpha value is -2.89. The van der Waals surface area contributed by atoms with Crippen molar-refractivity contribution in [2.45, 2.75) is 25.7 Å². The standard InChI is InChI=1S/C19H21N5O/c1-13-4-6-14(7-5-13)16-11-21-23-18(16)15-3-2-10-24(12-15)19(25)17-8-9-20-22-17/h4-9,11,15H,2-3,10,12H2,1H3,(H,20,22)(H,21,23). The molecular weight excluding hydrogens is 314 g/mol. The number of amides is 1. The van der Waals surface area contributed by atoms with Gasteiger partial charge in [-0.15, -0.1) is 0 Å². The van der Waals surface area contributed by atoms with Gasteiger partial charge in [0, 0.05) is 36.5 Å². The lowest BCUT2D eigenvalue weighted by Gasteiger charge is -2.32. The summed E-state index contributed by atoms with van der Waals surface area (Å²) in [7, 11) is 0. The summed E-state index contributed by atoms with van der Waals surface area (Å²) < 4.78 is 0. The Morgan fingerprint density at radius 1 is 1.16 bits per heavy atom. The molecule has 1 aliphatic rings. The molecule has 0 spiro atoms. The van der Waals surface area contributed by atoms with Crippen molar-refractivity contribution in [3.63, 3.8) is 0 Å². The summed E-state index contributed by atoms with van der Waals surface area (Å²) in [5, 5.41) is 14.1. The molecule has 4 rings (SSSR count). The lowest BCUT2D eigenvalue weighted by atomic mass is 9.90.